The molecule has 1 aromatic carbocycles. The van der Waals surface area contributed by atoms with Crippen molar-refractivity contribution in [1.82, 2.24) is 5.32 Å². The number of urea groups is 1. The largest absolute Gasteiger partial charge is 0.478 e. The number of hydrogen-bond acceptors (Lipinski definition) is 4. The zero-order chi connectivity index (χ0) is 14.4. The number of anilines is 1. The number of benzene rings is 1. The summed E-state index contributed by atoms with van der Waals surface area (Å²) in [7, 11) is 1.16. The number of halogens is 1. The van der Waals surface area contributed by atoms with Crippen molar-refractivity contribution in [3.63, 3.8) is 0 Å². The molecule has 0 aromatic heterocycles. The van der Waals surface area contributed by atoms with Crippen LogP contribution in [-0.2, 0) is 9.53 Å². The third-order valence-corrected chi connectivity index (χ3v) is 2.08. The molecule has 0 atom stereocenters. The maximum absolute atomic E-state index is 12.9. The van der Waals surface area contributed by atoms with Gasteiger partial charge in [-0.3, -0.25) is 4.79 Å². The SMILES string of the molecule is COC(=O)CNC(=O)Nc1ccc(F)cc1C(=O)O. The van der Waals surface area contributed by atoms with Gasteiger partial charge in [-0.15, -0.1) is 0 Å². The maximum Gasteiger partial charge on any atom is 0.337 e. The summed E-state index contributed by atoms with van der Waals surface area (Å²) in [6.45, 7) is -0.369. The van der Waals surface area contributed by atoms with E-state index in [9.17, 15) is 18.8 Å². The summed E-state index contributed by atoms with van der Waals surface area (Å²) < 4.78 is 17.2. The Kier molecular flexibility index (Phi) is 4.81. The Morgan fingerprint density at radius 3 is 2.63 bits per heavy atom. The van der Waals surface area contributed by atoms with E-state index in [1.54, 1.807) is 0 Å². The molecule has 0 aliphatic heterocycles. The lowest BCUT2D eigenvalue weighted by molar-refractivity contribution is -0.139. The zero-order valence-electron chi connectivity index (χ0n) is 9.90. The van der Waals surface area contributed by atoms with Crippen LogP contribution >= 0.6 is 0 Å². The number of amides is 2. The Labute approximate surface area is 107 Å². The van der Waals surface area contributed by atoms with Crippen LogP contribution in [0.1, 0.15) is 10.4 Å². The maximum atomic E-state index is 12.9. The minimum absolute atomic E-state index is 0.0868. The highest BCUT2D eigenvalue weighted by molar-refractivity contribution is 6.00. The highest BCUT2D eigenvalue weighted by Crippen LogP contribution is 2.16. The molecule has 0 unspecified atom stereocenters. The van der Waals surface area contributed by atoms with Crippen LogP contribution in [0.15, 0.2) is 18.2 Å². The molecule has 1 aromatic rings. The first-order valence-corrected chi connectivity index (χ1v) is 5.08. The standard InChI is InChI=1S/C11H11FN2O5/c1-19-9(15)5-13-11(18)14-8-3-2-6(12)4-7(8)10(16)17/h2-4H,5H2,1H3,(H,16,17)(H2,13,14,18). The monoisotopic (exact) mass is 270 g/mol. The molecular weight excluding hydrogens is 259 g/mol. The molecule has 3 N–H and O–H groups in total. The Hall–Kier alpha value is -2.64. The number of ether oxygens (including phenoxy) is 1. The highest BCUT2D eigenvalue weighted by Gasteiger charge is 2.14. The van der Waals surface area contributed by atoms with E-state index < -0.39 is 29.4 Å². The lowest BCUT2D eigenvalue weighted by Crippen LogP contribution is -2.34. The molecule has 0 spiro atoms. The van der Waals surface area contributed by atoms with Gasteiger partial charge in [0.15, 0.2) is 0 Å². The number of rotatable bonds is 4. The minimum Gasteiger partial charge on any atom is -0.478 e. The summed E-state index contributed by atoms with van der Waals surface area (Å²) in [5, 5.41) is 13.2. The minimum atomic E-state index is -1.39. The first-order valence-electron chi connectivity index (χ1n) is 5.08. The van der Waals surface area contributed by atoms with E-state index >= 15 is 0 Å². The quantitative estimate of drug-likeness (QED) is 0.702. The molecule has 1 rings (SSSR count). The molecule has 0 aliphatic carbocycles. The predicted octanol–water partition coefficient (Wildman–Crippen LogP) is 0.818. The molecule has 7 nitrogen and oxygen atoms in total. The van der Waals surface area contributed by atoms with Gasteiger partial charge in [0.25, 0.3) is 0 Å². The number of aromatic carboxylic acids is 1. The van der Waals surface area contributed by atoms with E-state index in [0.717, 1.165) is 25.3 Å². The Balaban J connectivity index is 2.74. The van der Waals surface area contributed by atoms with Crippen molar-refractivity contribution in [2.45, 2.75) is 0 Å². The average Bonchev–Trinajstić information content (AvgIpc) is 2.37. The number of hydrogen-bond donors (Lipinski definition) is 3. The second-order valence-corrected chi connectivity index (χ2v) is 3.38. The van der Waals surface area contributed by atoms with E-state index in [-0.39, 0.29) is 12.2 Å². The first-order chi connectivity index (χ1) is 8.93. The molecule has 19 heavy (non-hydrogen) atoms. The van der Waals surface area contributed by atoms with Gasteiger partial charge in [-0.05, 0) is 18.2 Å². The predicted molar refractivity (Wildman–Crippen MR) is 62.4 cm³/mol. The molecule has 0 fully saturated rings. The van der Waals surface area contributed by atoms with Crippen LogP contribution in [-0.4, -0.2) is 36.7 Å². The number of methoxy groups -OCH3 is 1. The summed E-state index contributed by atoms with van der Waals surface area (Å²) in [5.41, 5.74) is -0.482. The molecular formula is C11H11FN2O5. The highest BCUT2D eigenvalue weighted by atomic mass is 19.1. The summed E-state index contributed by atoms with van der Waals surface area (Å²) >= 11 is 0. The van der Waals surface area contributed by atoms with Crippen molar-refractivity contribution in [3.8, 4) is 0 Å². The Morgan fingerprint density at radius 2 is 2.05 bits per heavy atom. The van der Waals surface area contributed by atoms with Crippen LogP contribution in [0, 0.1) is 5.82 Å². The number of esters is 1. The topological polar surface area (TPSA) is 105 Å². The van der Waals surface area contributed by atoms with Gasteiger partial charge in [-0.25, -0.2) is 14.0 Å². The van der Waals surface area contributed by atoms with E-state index in [4.69, 9.17) is 5.11 Å². The molecule has 2 amide bonds. The van der Waals surface area contributed by atoms with Crippen LogP contribution in [0.4, 0.5) is 14.9 Å². The number of carboxylic acid groups (broad SMARTS) is 1. The molecule has 0 heterocycles. The number of carbonyl (C=O) groups is 3. The molecule has 0 bridgehead atoms. The smallest absolute Gasteiger partial charge is 0.337 e. The van der Waals surface area contributed by atoms with Crippen molar-refractivity contribution in [1.29, 1.82) is 0 Å². The third-order valence-electron chi connectivity index (χ3n) is 2.08. The normalized spacial score (nSPS) is 9.58. The Morgan fingerprint density at radius 1 is 1.37 bits per heavy atom. The van der Waals surface area contributed by atoms with Gasteiger partial charge in [-0.1, -0.05) is 0 Å². The fraction of sp³-hybridized carbons (Fsp3) is 0.182. The van der Waals surface area contributed by atoms with Gasteiger partial charge < -0.3 is 20.5 Å². The van der Waals surface area contributed by atoms with Crippen molar-refractivity contribution >= 4 is 23.7 Å². The fourth-order valence-corrected chi connectivity index (χ4v) is 1.19. The molecule has 102 valence electrons. The van der Waals surface area contributed by atoms with Crippen molar-refractivity contribution < 1.29 is 28.6 Å². The van der Waals surface area contributed by atoms with Crippen LogP contribution < -0.4 is 10.6 Å². The second kappa shape index (κ2) is 6.34. The van der Waals surface area contributed by atoms with Gasteiger partial charge in [-0.2, -0.15) is 0 Å². The summed E-state index contributed by atoms with van der Waals surface area (Å²) in [5.74, 6) is -2.78. The lowest BCUT2D eigenvalue weighted by Gasteiger charge is -2.09. The van der Waals surface area contributed by atoms with Gasteiger partial charge in [0.2, 0.25) is 0 Å². The van der Waals surface area contributed by atoms with Gasteiger partial charge in [0, 0.05) is 0 Å². The van der Waals surface area contributed by atoms with Crippen molar-refractivity contribution in [2.24, 2.45) is 0 Å². The lowest BCUT2D eigenvalue weighted by atomic mass is 10.2. The van der Waals surface area contributed by atoms with Gasteiger partial charge in [0.1, 0.15) is 12.4 Å². The zero-order valence-corrected chi connectivity index (χ0v) is 9.90. The van der Waals surface area contributed by atoms with Crippen LogP contribution in [0.2, 0.25) is 0 Å². The van der Waals surface area contributed by atoms with Crippen LogP contribution in [0.3, 0.4) is 0 Å². The molecule has 8 heteroatoms. The van der Waals surface area contributed by atoms with E-state index in [1.165, 1.54) is 0 Å². The number of nitrogens with one attached hydrogen (secondary N) is 2. The average molecular weight is 270 g/mol. The van der Waals surface area contributed by atoms with Gasteiger partial charge in [0.05, 0.1) is 18.4 Å². The van der Waals surface area contributed by atoms with E-state index in [2.05, 4.69) is 15.4 Å². The number of carbonyl (C=O) groups excluding carboxylic acids is 2. The fourth-order valence-electron chi connectivity index (χ4n) is 1.19. The van der Waals surface area contributed by atoms with Crippen LogP contribution in [0.5, 0.6) is 0 Å². The van der Waals surface area contributed by atoms with Gasteiger partial charge >= 0.3 is 18.0 Å². The summed E-state index contributed by atoms with van der Waals surface area (Å²) in [6, 6.07) is 2.08. The van der Waals surface area contributed by atoms with Crippen molar-refractivity contribution in [2.75, 3.05) is 19.0 Å². The molecule has 0 saturated heterocycles. The molecule has 0 saturated carbocycles. The third kappa shape index (κ3) is 4.26. The number of carboxylic acids is 1. The summed E-state index contributed by atoms with van der Waals surface area (Å²) in [6.07, 6.45) is 0. The van der Waals surface area contributed by atoms with Crippen molar-refractivity contribution in [3.05, 3.63) is 29.6 Å². The van der Waals surface area contributed by atoms with E-state index in [1.807, 2.05) is 0 Å². The van der Waals surface area contributed by atoms with Crippen LogP contribution in [0.25, 0.3) is 0 Å². The molecule has 0 aliphatic rings. The van der Waals surface area contributed by atoms with E-state index in [0.29, 0.717) is 0 Å². The second-order valence-electron chi connectivity index (χ2n) is 3.38. The summed E-state index contributed by atoms with van der Waals surface area (Å²) in [4.78, 5) is 33.0. The Bertz CT molecular complexity index is 518. The molecule has 0 radical (unpaired) electrons. The first kappa shape index (κ1) is 14.4.